The first kappa shape index (κ1) is 19.9. The van der Waals surface area contributed by atoms with Crippen molar-refractivity contribution < 1.29 is 25.5 Å². The second kappa shape index (κ2) is 8.93. The third kappa shape index (κ3) is 3.98. The summed E-state index contributed by atoms with van der Waals surface area (Å²) in [6.45, 7) is 0. The minimum atomic E-state index is 0. The maximum Gasteiger partial charge on any atom is 2.00 e. The molecule has 5 rings (SSSR count). The van der Waals surface area contributed by atoms with Crippen LogP contribution in [0.2, 0.25) is 0 Å². The van der Waals surface area contributed by atoms with Crippen LogP contribution < -0.4 is 4.90 Å². The molecule has 0 N–H and O–H groups in total. The van der Waals surface area contributed by atoms with Gasteiger partial charge < -0.3 is 13.9 Å². The van der Waals surface area contributed by atoms with Gasteiger partial charge in [-0.05, 0) is 24.3 Å². The molecule has 3 aromatic heterocycles. The zero-order valence-electron chi connectivity index (χ0n) is 15.8. The first-order valence-electron chi connectivity index (χ1n) is 9.18. The fraction of sp³-hybridized carbons (Fsp3) is 0. The van der Waals surface area contributed by atoms with Crippen LogP contribution in [0.5, 0.6) is 0 Å². The zero-order chi connectivity index (χ0) is 19.5. The Morgan fingerprint density at radius 1 is 0.900 bits per heavy atom. The van der Waals surface area contributed by atoms with Gasteiger partial charge in [-0.3, -0.25) is 0 Å². The maximum atomic E-state index is 5.43. The molecule has 0 fully saturated rings. The van der Waals surface area contributed by atoms with Crippen molar-refractivity contribution in [2.75, 3.05) is 4.90 Å². The summed E-state index contributed by atoms with van der Waals surface area (Å²) in [7, 11) is 0. The average molecular weight is 571 g/mol. The summed E-state index contributed by atoms with van der Waals surface area (Å²) in [5, 5.41) is 0. The van der Waals surface area contributed by atoms with E-state index in [1.54, 1.807) is 12.5 Å². The minimum Gasteiger partial charge on any atom is -0.471 e. The van der Waals surface area contributed by atoms with Crippen LogP contribution in [0.1, 0.15) is 0 Å². The zero-order valence-corrected chi connectivity index (χ0v) is 18.0. The molecular weight excluding hydrogens is 555 g/mol. The summed E-state index contributed by atoms with van der Waals surface area (Å²) in [4.78, 5) is 11.1. The van der Waals surface area contributed by atoms with Crippen LogP contribution >= 0.6 is 0 Å². The van der Waals surface area contributed by atoms with E-state index in [4.69, 9.17) is 9.40 Å². The fourth-order valence-corrected chi connectivity index (χ4v) is 3.15. The van der Waals surface area contributed by atoms with Gasteiger partial charge in [0.1, 0.15) is 17.8 Å². The van der Waals surface area contributed by atoms with E-state index in [1.807, 2.05) is 89.6 Å². The Hall–Kier alpha value is -3.43. The van der Waals surface area contributed by atoms with Crippen molar-refractivity contribution in [1.29, 1.82) is 0 Å². The van der Waals surface area contributed by atoms with E-state index in [2.05, 4.69) is 22.1 Å². The number of oxazole rings is 1. The molecule has 0 aliphatic heterocycles. The van der Waals surface area contributed by atoms with Gasteiger partial charge in [0.2, 0.25) is 5.89 Å². The van der Waals surface area contributed by atoms with E-state index in [-0.39, 0.29) is 21.1 Å². The van der Waals surface area contributed by atoms with Crippen LogP contribution in [0, 0.1) is 12.3 Å². The molecule has 6 heteroatoms. The molecule has 0 unspecified atom stereocenters. The standard InChI is InChI=1S/C24H16N4O.Pt/c1-2-8-19(9-3-1)28(21-11-6-10-20(18-21)27-15-4-5-16-27)23-13-7-12-22(26-23)24-25-14-17-29-24;/h1-15,17H;/q-2;+2. The monoisotopic (exact) mass is 571 g/mol. The van der Waals surface area contributed by atoms with Crippen molar-refractivity contribution in [3.63, 3.8) is 0 Å². The molecule has 0 aliphatic rings. The molecule has 0 saturated carbocycles. The molecule has 0 spiro atoms. The normalized spacial score (nSPS) is 10.4. The van der Waals surface area contributed by atoms with Gasteiger partial charge >= 0.3 is 21.1 Å². The molecule has 0 amide bonds. The van der Waals surface area contributed by atoms with Crippen molar-refractivity contribution in [3.05, 3.63) is 110 Å². The Morgan fingerprint density at radius 2 is 1.77 bits per heavy atom. The van der Waals surface area contributed by atoms with Crippen molar-refractivity contribution in [2.24, 2.45) is 0 Å². The van der Waals surface area contributed by atoms with E-state index in [1.165, 1.54) is 0 Å². The van der Waals surface area contributed by atoms with E-state index in [0.717, 1.165) is 22.9 Å². The number of rotatable bonds is 5. The second-order valence-corrected chi connectivity index (χ2v) is 6.32. The van der Waals surface area contributed by atoms with E-state index in [9.17, 15) is 0 Å². The number of anilines is 3. The Kier molecular flexibility index (Phi) is 5.91. The van der Waals surface area contributed by atoms with E-state index in [0.29, 0.717) is 11.6 Å². The molecule has 0 bridgehead atoms. The van der Waals surface area contributed by atoms with Gasteiger partial charge in [0, 0.05) is 5.69 Å². The van der Waals surface area contributed by atoms with Crippen LogP contribution in [0.15, 0.2) is 102 Å². The smallest absolute Gasteiger partial charge is 0.471 e. The number of nitrogens with zero attached hydrogens (tertiary/aromatic N) is 4. The van der Waals surface area contributed by atoms with Gasteiger partial charge in [-0.1, -0.05) is 36.1 Å². The number of aromatic nitrogens is 3. The topological polar surface area (TPSA) is 47.1 Å². The van der Waals surface area contributed by atoms with Crippen molar-refractivity contribution in [2.45, 2.75) is 0 Å². The van der Waals surface area contributed by atoms with Crippen molar-refractivity contribution >= 4 is 17.2 Å². The summed E-state index contributed by atoms with van der Waals surface area (Å²) in [5.74, 6) is 1.23. The van der Waals surface area contributed by atoms with Gasteiger partial charge in [0.05, 0.1) is 6.20 Å². The SMILES string of the molecule is [Pt+2].[c-]1c(N(c2ccccc2)c2cccc(-c3ncco3)n2)cccc1-n1[c-]ccc1. The van der Waals surface area contributed by atoms with Crippen LogP contribution in [-0.2, 0) is 21.1 Å². The summed E-state index contributed by atoms with van der Waals surface area (Å²) in [6.07, 6.45) is 8.27. The first-order valence-corrected chi connectivity index (χ1v) is 9.18. The molecule has 0 radical (unpaired) electrons. The fourth-order valence-electron chi connectivity index (χ4n) is 3.15. The largest absolute Gasteiger partial charge is 2.00 e. The number of para-hydroxylation sites is 1. The second-order valence-electron chi connectivity index (χ2n) is 6.32. The first-order chi connectivity index (χ1) is 14.4. The molecule has 5 nitrogen and oxygen atoms in total. The summed E-state index contributed by atoms with van der Waals surface area (Å²) >= 11 is 0. The van der Waals surface area contributed by atoms with Gasteiger partial charge in [-0.15, -0.1) is 18.3 Å². The molecule has 3 heterocycles. The predicted octanol–water partition coefficient (Wildman–Crippen LogP) is 5.59. The van der Waals surface area contributed by atoms with Crippen LogP contribution in [0.3, 0.4) is 0 Å². The van der Waals surface area contributed by atoms with Gasteiger partial charge in [-0.25, -0.2) is 9.97 Å². The molecular formula is C24H16N4OPt. The summed E-state index contributed by atoms with van der Waals surface area (Å²) in [5.41, 5.74) is 3.42. The van der Waals surface area contributed by atoms with Gasteiger partial charge in [0.25, 0.3) is 0 Å². The number of hydrogen-bond donors (Lipinski definition) is 0. The summed E-state index contributed by atoms with van der Waals surface area (Å²) in [6, 6.07) is 29.2. The Bertz CT molecular complexity index is 1130. The number of pyridine rings is 1. The number of hydrogen-bond acceptors (Lipinski definition) is 4. The molecule has 5 aromatic rings. The quantitative estimate of drug-likeness (QED) is 0.258. The van der Waals surface area contributed by atoms with E-state index >= 15 is 0 Å². The van der Waals surface area contributed by atoms with Crippen molar-refractivity contribution in [3.8, 4) is 17.3 Å². The van der Waals surface area contributed by atoms with Crippen LogP contribution in [-0.4, -0.2) is 14.5 Å². The Morgan fingerprint density at radius 3 is 2.53 bits per heavy atom. The molecule has 2 aromatic carbocycles. The molecule has 30 heavy (non-hydrogen) atoms. The van der Waals surface area contributed by atoms with Gasteiger partial charge in [0.15, 0.2) is 0 Å². The third-order valence-corrected chi connectivity index (χ3v) is 4.44. The maximum absolute atomic E-state index is 5.43. The molecule has 148 valence electrons. The van der Waals surface area contributed by atoms with Crippen LogP contribution in [0.4, 0.5) is 17.2 Å². The van der Waals surface area contributed by atoms with Gasteiger partial charge in [-0.2, -0.15) is 30.0 Å². The molecule has 0 atom stereocenters. The van der Waals surface area contributed by atoms with Crippen molar-refractivity contribution in [1.82, 2.24) is 14.5 Å². The average Bonchev–Trinajstić information content (AvgIpc) is 3.50. The predicted molar refractivity (Wildman–Crippen MR) is 111 cm³/mol. The molecule has 0 saturated heterocycles. The molecule has 0 aliphatic carbocycles. The van der Waals surface area contributed by atoms with E-state index < -0.39 is 0 Å². The number of benzene rings is 2. The Labute approximate surface area is 188 Å². The third-order valence-electron chi connectivity index (χ3n) is 4.44. The van der Waals surface area contributed by atoms with Crippen LogP contribution in [0.25, 0.3) is 17.3 Å². The minimum absolute atomic E-state index is 0. The Balaban J connectivity index is 0.00000218. The summed E-state index contributed by atoms with van der Waals surface area (Å²) < 4.78 is 7.33.